The molecule has 6 nitrogen and oxygen atoms in total. The molecule has 1 saturated heterocycles. The summed E-state index contributed by atoms with van der Waals surface area (Å²) in [5.74, 6) is -0.104. The van der Waals surface area contributed by atoms with E-state index in [2.05, 4.69) is 20.8 Å². The molecule has 0 unspecified atom stereocenters. The van der Waals surface area contributed by atoms with Crippen LogP contribution in [-0.4, -0.2) is 35.2 Å². The van der Waals surface area contributed by atoms with Crippen molar-refractivity contribution < 1.29 is 4.79 Å². The molecule has 4 N–H and O–H groups in total. The van der Waals surface area contributed by atoms with Gasteiger partial charge < -0.3 is 16.4 Å². The van der Waals surface area contributed by atoms with Gasteiger partial charge in [0, 0.05) is 11.4 Å². The van der Waals surface area contributed by atoms with Crippen LogP contribution in [0.3, 0.4) is 0 Å². The molecule has 0 bridgehead atoms. The predicted octanol–water partition coefficient (Wildman–Crippen LogP) is 0.755. The van der Waals surface area contributed by atoms with Crippen molar-refractivity contribution in [2.24, 2.45) is 0 Å². The highest BCUT2D eigenvalue weighted by atomic mass is 32.1. The normalized spacial score (nSPS) is 16.6. The van der Waals surface area contributed by atoms with Crippen molar-refractivity contribution in [1.29, 1.82) is 0 Å². The summed E-state index contributed by atoms with van der Waals surface area (Å²) in [6, 6.07) is 2.01. The van der Waals surface area contributed by atoms with Gasteiger partial charge in [-0.2, -0.15) is 5.10 Å². The smallest absolute Gasteiger partial charge is 0.263 e. The van der Waals surface area contributed by atoms with Gasteiger partial charge in [-0.25, -0.2) is 0 Å². The number of nitrogen functional groups attached to an aromatic ring is 1. The first-order chi connectivity index (χ1) is 9.25. The molecule has 2 aromatic rings. The second-order valence-corrected chi connectivity index (χ2v) is 5.59. The Morgan fingerprint density at radius 1 is 1.47 bits per heavy atom. The standard InChI is InChI=1S/C12H15N5OS/c13-9-8-3-6-15-17-12(8)19-10(9)11(18)16-7-1-4-14-5-2-7/h3,6-7,14H,1-2,4-5,13H2,(H,16,18). The third-order valence-corrected chi connectivity index (χ3v) is 4.41. The highest BCUT2D eigenvalue weighted by Gasteiger charge is 2.21. The van der Waals surface area contributed by atoms with Gasteiger partial charge >= 0.3 is 0 Å². The number of hydrogen-bond donors (Lipinski definition) is 3. The fourth-order valence-corrected chi connectivity index (χ4v) is 3.20. The number of rotatable bonds is 2. The predicted molar refractivity (Wildman–Crippen MR) is 75.2 cm³/mol. The van der Waals surface area contributed by atoms with Gasteiger partial charge in [-0.15, -0.1) is 16.4 Å². The third kappa shape index (κ3) is 2.39. The third-order valence-electron chi connectivity index (χ3n) is 3.30. The molecule has 0 aromatic carbocycles. The van der Waals surface area contributed by atoms with E-state index in [1.165, 1.54) is 11.3 Å². The first-order valence-electron chi connectivity index (χ1n) is 6.27. The Morgan fingerprint density at radius 3 is 3.00 bits per heavy atom. The van der Waals surface area contributed by atoms with Crippen molar-refractivity contribution in [1.82, 2.24) is 20.8 Å². The zero-order valence-electron chi connectivity index (χ0n) is 10.3. The maximum Gasteiger partial charge on any atom is 0.263 e. The fourth-order valence-electron chi connectivity index (χ4n) is 2.26. The summed E-state index contributed by atoms with van der Waals surface area (Å²) in [5.41, 5.74) is 6.52. The molecule has 19 heavy (non-hydrogen) atoms. The van der Waals surface area contributed by atoms with Crippen molar-refractivity contribution in [2.75, 3.05) is 18.8 Å². The Morgan fingerprint density at radius 2 is 2.26 bits per heavy atom. The number of fused-ring (bicyclic) bond motifs is 1. The van der Waals surface area contributed by atoms with Gasteiger partial charge in [0.05, 0.1) is 11.9 Å². The molecule has 1 aliphatic heterocycles. The van der Waals surface area contributed by atoms with Gasteiger partial charge in [0.15, 0.2) is 0 Å². The van der Waals surface area contributed by atoms with E-state index < -0.39 is 0 Å². The van der Waals surface area contributed by atoms with Gasteiger partial charge in [0.1, 0.15) is 9.71 Å². The van der Waals surface area contributed by atoms with E-state index in [9.17, 15) is 4.79 Å². The molecule has 0 saturated carbocycles. The molecule has 7 heteroatoms. The van der Waals surface area contributed by atoms with Crippen molar-refractivity contribution in [2.45, 2.75) is 18.9 Å². The number of thiophene rings is 1. The minimum Gasteiger partial charge on any atom is -0.397 e. The van der Waals surface area contributed by atoms with Crippen LogP contribution < -0.4 is 16.4 Å². The Labute approximate surface area is 114 Å². The lowest BCUT2D eigenvalue weighted by Crippen LogP contribution is -2.42. The Balaban J connectivity index is 1.83. The van der Waals surface area contributed by atoms with Crippen molar-refractivity contribution in [3.05, 3.63) is 17.1 Å². The topological polar surface area (TPSA) is 92.9 Å². The van der Waals surface area contributed by atoms with Crippen LogP contribution in [0.25, 0.3) is 10.2 Å². The summed E-state index contributed by atoms with van der Waals surface area (Å²) in [6.45, 7) is 1.89. The molecule has 0 atom stereocenters. The van der Waals surface area contributed by atoms with Gasteiger partial charge in [0.2, 0.25) is 0 Å². The molecule has 100 valence electrons. The van der Waals surface area contributed by atoms with Crippen LogP contribution in [0.1, 0.15) is 22.5 Å². The maximum atomic E-state index is 12.3. The van der Waals surface area contributed by atoms with Gasteiger partial charge in [0.25, 0.3) is 5.91 Å². The lowest BCUT2D eigenvalue weighted by atomic mass is 10.1. The Bertz CT molecular complexity index is 605. The van der Waals surface area contributed by atoms with Gasteiger partial charge in [-0.05, 0) is 32.0 Å². The minimum atomic E-state index is -0.104. The van der Waals surface area contributed by atoms with E-state index in [0.29, 0.717) is 15.4 Å². The number of hydrogen-bond acceptors (Lipinski definition) is 6. The van der Waals surface area contributed by atoms with Crippen LogP contribution in [0.4, 0.5) is 5.69 Å². The Kier molecular flexibility index (Phi) is 3.31. The summed E-state index contributed by atoms with van der Waals surface area (Å²) in [4.78, 5) is 13.5. The molecular weight excluding hydrogens is 262 g/mol. The fraction of sp³-hybridized carbons (Fsp3) is 0.417. The number of nitrogens with one attached hydrogen (secondary N) is 2. The number of carbonyl (C=O) groups excluding carboxylic acids is 1. The molecule has 0 aliphatic carbocycles. The number of amides is 1. The van der Waals surface area contributed by atoms with E-state index in [1.807, 2.05) is 0 Å². The molecule has 1 fully saturated rings. The minimum absolute atomic E-state index is 0.104. The molecular formula is C12H15N5OS. The average molecular weight is 277 g/mol. The molecule has 2 aromatic heterocycles. The van der Waals surface area contributed by atoms with E-state index in [0.717, 1.165) is 31.3 Å². The average Bonchev–Trinajstić information content (AvgIpc) is 2.78. The molecule has 0 radical (unpaired) electrons. The second-order valence-electron chi connectivity index (χ2n) is 4.59. The zero-order valence-corrected chi connectivity index (χ0v) is 11.2. The van der Waals surface area contributed by atoms with Crippen LogP contribution in [0.5, 0.6) is 0 Å². The maximum absolute atomic E-state index is 12.3. The van der Waals surface area contributed by atoms with Crippen LogP contribution >= 0.6 is 11.3 Å². The summed E-state index contributed by atoms with van der Waals surface area (Å²) >= 11 is 1.29. The van der Waals surface area contributed by atoms with E-state index in [-0.39, 0.29) is 11.9 Å². The van der Waals surface area contributed by atoms with Crippen molar-refractivity contribution in [3.63, 3.8) is 0 Å². The van der Waals surface area contributed by atoms with Crippen LogP contribution in [0.15, 0.2) is 12.3 Å². The lowest BCUT2D eigenvalue weighted by molar-refractivity contribution is 0.0934. The van der Waals surface area contributed by atoms with E-state index in [1.54, 1.807) is 12.3 Å². The number of nitrogens with two attached hydrogens (primary N) is 1. The number of nitrogens with zero attached hydrogens (tertiary/aromatic N) is 2. The van der Waals surface area contributed by atoms with Crippen LogP contribution in [0.2, 0.25) is 0 Å². The quantitative estimate of drug-likeness (QED) is 0.753. The SMILES string of the molecule is Nc1c(C(=O)NC2CCNCC2)sc2nnccc12. The summed E-state index contributed by atoms with van der Waals surface area (Å²) in [5, 5.41) is 14.9. The summed E-state index contributed by atoms with van der Waals surface area (Å²) < 4.78 is 0. The monoisotopic (exact) mass is 277 g/mol. The first-order valence-corrected chi connectivity index (χ1v) is 7.08. The van der Waals surface area contributed by atoms with E-state index in [4.69, 9.17) is 5.73 Å². The highest BCUT2D eigenvalue weighted by molar-refractivity contribution is 7.21. The van der Waals surface area contributed by atoms with Crippen LogP contribution in [0, 0.1) is 0 Å². The molecule has 1 aliphatic rings. The Hall–Kier alpha value is -1.73. The number of aromatic nitrogens is 2. The van der Waals surface area contributed by atoms with Crippen LogP contribution in [-0.2, 0) is 0 Å². The van der Waals surface area contributed by atoms with Gasteiger partial charge in [-0.1, -0.05) is 0 Å². The lowest BCUT2D eigenvalue weighted by Gasteiger charge is -2.23. The van der Waals surface area contributed by atoms with E-state index >= 15 is 0 Å². The molecule has 1 amide bonds. The number of anilines is 1. The summed E-state index contributed by atoms with van der Waals surface area (Å²) in [7, 11) is 0. The largest absolute Gasteiger partial charge is 0.397 e. The van der Waals surface area contributed by atoms with Crippen molar-refractivity contribution in [3.8, 4) is 0 Å². The molecule has 0 spiro atoms. The van der Waals surface area contributed by atoms with Crippen molar-refractivity contribution >= 4 is 33.1 Å². The number of carbonyl (C=O) groups is 1. The molecule has 3 rings (SSSR count). The zero-order chi connectivity index (χ0) is 13.2. The second kappa shape index (κ2) is 5.10. The summed E-state index contributed by atoms with van der Waals surface area (Å²) in [6.07, 6.45) is 3.49. The molecule has 3 heterocycles. The van der Waals surface area contributed by atoms with Gasteiger partial charge in [-0.3, -0.25) is 4.79 Å². The first kappa shape index (κ1) is 12.3. The number of piperidine rings is 1. The highest BCUT2D eigenvalue weighted by Crippen LogP contribution is 2.31.